The summed E-state index contributed by atoms with van der Waals surface area (Å²) in [4.78, 5) is 24.4. The number of aliphatic hydroxyl groups excluding tert-OH is 1. The van der Waals surface area contributed by atoms with Crippen molar-refractivity contribution in [1.82, 2.24) is 15.1 Å². The van der Waals surface area contributed by atoms with Gasteiger partial charge in [0, 0.05) is 12.4 Å². The molecule has 0 spiro atoms. The second kappa shape index (κ2) is 5.59. The summed E-state index contributed by atoms with van der Waals surface area (Å²) in [7, 11) is 2.99. The number of nitrogens with one attached hydrogen (secondary N) is 1. The summed E-state index contributed by atoms with van der Waals surface area (Å²) in [6.45, 7) is 1.69. The largest absolute Gasteiger partial charge is 0.467 e. The zero-order valence-corrected chi connectivity index (χ0v) is 12.2. The van der Waals surface area contributed by atoms with Crippen LogP contribution in [0.5, 0.6) is 0 Å². The molecule has 7 nitrogen and oxygen atoms in total. The van der Waals surface area contributed by atoms with Gasteiger partial charge in [0.25, 0.3) is 5.91 Å². The first-order chi connectivity index (χ1) is 9.43. The molecule has 108 valence electrons. The minimum Gasteiger partial charge on any atom is -0.467 e. The van der Waals surface area contributed by atoms with E-state index in [1.54, 1.807) is 10.7 Å². The lowest BCUT2D eigenvalue weighted by atomic mass is 10.3. The number of amides is 1. The fraction of sp³-hybridized carbons (Fsp3) is 0.417. The topological polar surface area (TPSA) is 93.4 Å². The lowest BCUT2D eigenvalue weighted by Gasteiger charge is -2.08. The summed E-state index contributed by atoms with van der Waals surface area (Å²) in [6.07, 6.45) is -1.36. The SMILES string of the molecule is COC(=O)C(O)CNC(=O)c1cc2c(C)nn(C)c2s1. The molecule has 0 bridgehead atoms. The van der Waals surface area contributed by atoms with Crippen molar-refractivity contribution in [3.63, 3.8) is 0 Å². The van der Waals surface area contributed by atoms with E-state index >= 15 is 0 Å². The van der Waals surface area contributed by atoms with Gasteiger partial charge in [-0.3, -0.25) is 9.48 Å². The zero-order chi connectivity index (χ0) is 14.9. The summed E-state index contributed by atoms with van der Waals surface area (Å²) in [5, 5.41) is 17.1. The molecule has 1 unspecified atom stereocenters. The van der Waals surface area contributed by atoms with Crippen LogP contribution in [0.15, 0.2) is 6.07 Å². The van der Waals surface area contributed by atoms with E-state index in [1.807, 2.05) is 14.0 Å². The Kier molecular flexibility index (Phi) is 4.05. The van der Waals surface area contributed by atoms with Crippen molar-refractivity contribution < 1.29 is 19.4 Å². The fourth-order valence-corrected chi connectivity index (χ4v) is 2.85. The molecule has 20 heavy (non-hydrogen) atoms. The minimum absolute atomic E-state index is 0.184. The molecule has 0 fully saturated rings. The maximum absolute atomic E-state index is 12.0. The van der Waals surface area contributed by atoms with Crippen molar-refractivity contribution >= 4 is 33.4 Å². The maximum Gasteiger partial charge on any atom is 0.336 e. The van der Waals surface area contributed by atoms with E-state index in [9.17, 15) is 14.7 Å². The average molecular weight is 297 g/mol. The van der Waals surface area contributed by atoms with Gasteiger partial charge in [0.2, 0.25) is 0 Å². The summed E-state index contributed by atoms with van der Waals surface area (Å²) in [6, 6.07) is 1.75. The highest BCUT2D eigenvalue weighted by Gasteiger charge is 2.19. The first-order valence-electron chi connectivity index (χ1n) is 5.91. The number of ether oxygens (including phenoxy) is 1. The van der Waals surface area contributed by atoms with Gasteiger partial charge in [-0.15, -0.1) is 11.3 Å². The lowest BCUT2D eigenvalue weighted by Crippen LogP contribution is -2.36. The molecule has 0 aromatic carbocycles. The van der Waals surface area contributed by atoms with Crippen LogP contribution in [0.25, 0.3) is 10.2 Å². The van der Waals surface area contributed by atoms with Crippen LogP contribution in [0, 0.1) is 6.92 Å². The highest BCUT2D eigenvalue weighted by molar-refractivity contribution is 7.20. The second-order valence-electron chi connectivity index (χ2n) is 4.29. The Morgan fingerprint density at radius 2 is 2.30 bits per heavy atom. The molecule has 0 saturated carbocycles. The van der Waals surface area contributed by atoms with Crippen LogP contribution in [0.4, 0.5) is 0 Å². The number of aryl methyl sites for hydroxylation is 2. The van der Waals surface area contributed by atoms with Gasteiger partial charge < -0.3 is 15.2 Å². The van der Waals surface area contributed by atoms with Gasteiger partial charge in [-0.25, -0.2) is 4.79 Å². The van der Waals surface area contributed by atoms with Crippen LogP contribution in [-0.4, -0.2) is 46.5 Å². The number of hydrogen-bond donors (Lipinski definition) is 2. The molecular formula is C12H15N3O4S. The standard InChI is InChI=1S/C12H15N3O4S/c1-6-7-4-9(20-11(7)15(2)14-6)10(17)13-5-8(16)12(18)19-3/h4,8,16H,5H2,1-3H3,(H,13,17). The number of aromatic nitrogens is 2. The molecule has 1 amide bonds. The molecule has 2 rings (SSSR count). The Labute approximate surface area is 119 Å². The maximum atomic E-state index is 12.0. The molecule has 0 radical (unpaired) electrons. The van der Waals surface area contributed by atoms with Gasteiger partial charge in [-0.2, -0.15) is 5.10 Å². The summed E-state index contributed by atoms with van der Waals surface area (Å²) in [5.74, 6) is -1.12. The van der Waals surface area contributed by atoms with Crippen molar-refractivity contribution in [1.29, 1.82) is 0 Å². The Balaban J connectivity index is 2.08. The monoisotopic (exact) mass is 297 g/mol. The van der Waals surface area contributed by atoms with E-state index in [0.717, 1.165) is 15.9 Å². The van der Waals surface area contributed by atoms with Gasteiger partial charge in [0.15, 0.2) is 6.10 Å². The third kappa shape index (κ3) is 2.66. The van der Waals surface area contributed by atoms with Crippen LogP contribution in [-0.2, 0) is 16.6 Å². The van der Waals surface area contributed by atoms with E-state index in [0.29, 0.717) is 4.88 Å². The van der Waals surface area contributed by atoms with Gasteiger partial charge in [-0.05, 0) is 13.0 Å². The fourth-order valence-electron chi connectivity index (χ4n) is 1.81. The number of aliphatic hydroxyl groups is 1. The van der Waals surface area contributed by atoms with Crippen LogP contribution < -0.4 is 5.32 Å². The van der Waals surface area contributed by atoms with E-state index in [-0.39, 0.29) is 12.5 Å². The Hall–Kier alpha value is -1.93. The molecule has 0 saturated heterocycles. The first kappa shape index (κ1) is 14.5. The zero-order valence-electron chi connectivity index (χ0n) is 11.3. The van der Waals surface area contributed by atoms with Crippen LogP contribution >= 0.6 is 11.3 Å². The molecular weight excluding hydrogens is 282 g/mol. The Morgan fingerprint density at radius 3 is 2.90 bits per heavy atom. The number of nitrogens with zero attached hydrogens (tertiary/aromatic N) is 2. The summed E-state index contributed by atoms with van der Waals surface area (Å²) in [5.41, 5.74) is 0.854. The van der Waals surface area contributed by atoms with Crippen molar-refractivity contribution in [2.24, 2.45) is 7.05 Å². The van der Waals surface area contributed by atoms with Gasteiger partial charge >= 0.3 is 5.97 Å². The van der Waals surface area contributed by atoms with Gasteiger partial charge in [0.05, 0.1) is 24.2 Å². The molecule has 2 N–H and O–H groups in total. The van der Waals surface area contributed by atoms with E-state index in [1.165, 1.54) is 18.4 Å². The number of thiophene rings is 1. The predicted molar refractivity (Wildman–Crippen MR) is 73.7 cm³/mol. The Morgan fingerprint density at radius 1 is 1.60 bits per heavy atom. The predicted octanol–water partition coefficient (Wildman–Crippen LogP) is 0.207. The van der Waals surface area contributed by atoms with Crippen molar-refractivity contribution in [2.75, 3.05) is 13.7 Å². The minimum atomic E-state index is -1.36. The summed E-state index contributed by atoms with van der Waals surface area (Å²) < 4.78 is 6.09. The molecule has 0 aliphatic heterocycles. The molecule has 2 heterocycles. The number of fused-ring (bicyclic) bond motifs is 1. The highest BCUT2D eigenvalue weighted by atomic mass is 32.1. The number of rotatable bonds is 4. The molecule has 2 aromatic heterocycles. The number of esters is 1. The molecule has 2 aromatic rings. The van der Waals surface area contributed by atoms with Crippen molar-refractivity contribution in [3.8, 4) is 0 Å². The third-order valence-corrected chi connectivity index (χ3v) is 4.05. The second-order valence-corrected chi connectivity index (χ2v) is 5.32. The number of carbonyl (C=O) groups excluding carboxylic acids is 2. The van der Waals surface area contributed by atoms with Crippen LogP contribution in [0.3, 0.4) is 0 Å². The normalized spacial score (nSPS) is 12.4. The van der Waals surface area contributed by atoms with E-state index < -0.39 is 12.1 Å². The molecule has 0 aliphatic rings. The highest BCUT2D eigenvalue weighted by Crippen LogP contribution is 2.27. The first-order valence-corrected chi connectivity index (χ1v) is 6.73. The van der Waals surface area contributed by atoms with Crippen molar-refractivity contribution in [3.05, 3.63) is 16.6 Å². The van der Waals surface area contributed by atoms with E-state index in [2.05, 4.69) is 15.2 Å². The Bertz CT molecular complexity index is 626. The number of carbonyl (C=O) groups is 2. The van der Waals surface area contributed by atoms with Gasteiger partial charge in [0.1, 0.15) is 4.83 Å². The lowest BCUT2D eigenvalue weighted by molar-refractivity contribution is -0.149. The number of methoxy groups -OCH3 is 1. The molecule has 8 heteroatoms. The van der Waals surface area contributed by atoms with Crippen LogP contribution in [0.2, 0.25) is 0 Å². The van der Waals surface area contributed by atoms with E-state index in [4.69, 9.17) is 0 Å². The quantitative estimate of drug-likeness (QED) is 0.787. The molecule has 1 atom stereocenters. The third-order valence-electron chi connectivity index (χ3n) is 2.85. The number of hydrogen-bond acceptors (Lipinski definition) is 6. The van der Waals surface area contributed by atoms with Crippen LogP contribution in [0.1, 0.15) is 15.4 Å². The smallest absolute Gasteiger partial charge is 0.336 e. The van der Waals surface area contributed by atoms with Gasteiger partial charge in [-0.1, -0.05) is 0 Å². The molecule has 0 aliphatic carbocycles. The average Bonchev–Trinajstić information content (AvgIpc) is 2.97. The van der Waals surface area contributed by atoms with Crippen molar-refractivity contribution in [2.45, 2.75) is 13.0 Å². The summed E-state index contributed by atoms with van der Waals surface area (Å²) >= 11 is 1.31.